The van der Waals surface area contributed by atoms with E-state index in [1.807, 2.05) is 18.2 Å². The third kappa shape index (κ3) is 4.97. The van der Waals surface area contributed by atoms with Crippen LogP contribution in [0.1, 0.15) is 0 Å². The Labute approximate surface area is 207 Å². The molecular weight excluding hydrogens is 458 g/mol. The molecule has 11 nitrogen and oxygen atoms in total. The molecule has 0 bridgehead atoms. The summed E-state index contributed by atoms with van der Waals surface area (Å²) >= 11 is 0. The van der Waals surface area contributed by atoms with Gasteiger partial charge in [-0.15, -0.1) is 0 Å². The van der Waals surface area contributed by atoms with Gasteiger partial charge < -0.3 is 26.0 Å². The highest BCUT2D eigenvalue weighted by Crippen LogP contribution is 2.27. The van der Waals surface area contributed by atoms with Crippen LogP contribution >= 0.6 is 0 Å². The molecule has 1 unspecified atom stereocenters. The van der Waals surface area contributed by atoms with Crippen molar-refractivity contribution in [3.8, 4) is 11.4 Å². The first-order valence-corrected chi connectivity index (χ1v) is 11.4. The highest BCUT2D eigenvalue weighted by Gasteiger charge is 2.22. The van der Waals surface area contributed by atoms with Crippen molar-refractivity contribution >= 4 is 40.0 Å². The number of rotatable bonds is 7. The van der Waals surface area contributed by atoms with Gasteiger partial charge in [-0.05, 0) is 36.4 Å². The molecule has 4 aromatic rings. The monoisotopic (exact) mass is 483 g/mol. The Kier molecular flexibility index (Phi) is 6.74. The second-order valence-electron chi connectivity index (χ2n) is 8.10. The molecule has 1 amide bonds. The van der Waals surface area contributed by atoms with Crippen molar-refractivity contribution in [1.29, 1.82) is 0 Å². The molecule has 0 radical (unpaired) electrons. The summed E-state index contributed by atoms with van der Waals surface area (Å²) in [5, 5.41) is 6.75. The van der Waals surface area contributed by atoms with Crippen molar-refractivity contribution in [3.05, 3.63) is 67.8 Å². The van der Waals surface area contributed by atoms with E-state index in [1.165, 1.54) is 6.08 Å². The van der Waals surface area contributed by atoms with E-state index in [0.29, 0.717) is 48.3 Å². The first-order valence-electron chi connectivity index (χ1n) is 11.4. The van der Waals surface area contributed by atoms with Crippen molar-refractivity contribution in [1.82, 2.24) is 24.9 Å². The number of nitrogens with one attached hydrogen (secondary N) is 2. The van der Waals surface area contributed by atoms with E-state index in [1.54, 1.807) is 36.9 Å². The lowest BCUT2D eigenvalue weighted by Crippen LogP contribution is -2.49. The van der Waals surface area contributed by atoms with E-state index in [9.17, 15) is 4.79 Å². The van der Waals surface area contributed by atoms with Crippen molar-refractivity contribution in [2.45, 2.75) is 6.04 Å². The molecule has 1 saturated heterocycles. The fraction of sp³-hybridized carbons (Fsp3) is 0.200. The molecule has 4 N–H and O–H groups in total. The summed E-state index contributed by atoms with van der Waals surface area (Å²) in [6.07, 6.45) is 7.95. The topological polar surface area (TPSA) is 144 Å². The van der Waals surface area contributed by atoms with E-state index in [2.05, 4.69) is 42.0 Å². The smallest absolute Gasteiger partial charge is 0.247 e. The van der Waals surface area contributed by atoms with Crippen LogP contribution in [0.2, 0.25) is 0 Å². The van der Waals surface area contributed by atoms with Crippen LogP contribution in [0.3, 0.4) is 0 Å². The Morgan fingerprint density at radius 1 is 1.14 bits per heavy atom. The zero-order chi connectivity index (χ0) is 24.9. The van der Waals surface area contributed by atoms with E-state index in [-0.39, 0.29) is 11.9 Å². The number of morpholine rings is 1. The Hall–Kier alpha value is -4.48. The number of carbonyl (C=O) groups excluding carboxylic acids is 1. The molecular formula is C25H25N9O2. The van der Waals surface area contributed by atoms with Gasteiger partial charge in [0.2, 0.25) is 11.9 Å². The van der Waals surface area contributed by atoms with Crippen LogP contribution in [-0.4, -0.2) is 63.2 Å². The van der Waals surface area contributed by atoms with Crippen LogP contribution in [0.4, 0.5) is 23.1 Å². The van der Waals surface area contributed by atoms with Gasteiger partial charge in [0.15, 0.2) is 0 Å². The van der Waals surface area contributed by atoms with Gasteiger partial charge in [0.1, 0.15) is 17.0 Å². The number of hydrogen-bond acceptors (Lipinski definition) is 10. The van der Waals surface area contributed by atoms with Crippen molar-refractivity contribution in [2.75, 3.05) is 41.8 Å². The summed E-state index contributed by atoms with van der Waals surface area (Å²) in [5.74, 6) is 0.937. The lowest BCUT2D eigenvalue weighted by Gasteiger charge is -2.35. The molecule has 182 valence electrons. The fourth-order valence-corrected chi connectivity index (χ4v) is 3.95. The predicted molar refractivity (Wildman–Crippen MR) is 138 cm³/mol. The summed E-state index contributed by atoms with van der Waals surface area (Å²) < 4.78 is 5.52. The van der Waals surface area contributed by atoms with Gasteiger partial charge in [-0.2, -0.15) is 0 Å². The maximum atomic E-state index is 11.7. The molecule has 5 rings (SSSR count). The number of carbonyl (C=O) groups is 1. The quantitative estimate of drug-likeness (QED) is 0.335. The predicted octanol–water partition coefficient (Wildman–Crippen LogP) is 2.51. The average molecular weight is 484 g/mol. The first kappa shape index (κ1) is 23.3. The number of ether oxygens (including phenoxy) is 1. The Balaban J connectivity index is 1.40. The number of anilines is 4. The van der Waals surface area contributed by atoms with E-state index >= 15 is 0 Å². The van der Waals surface area contributed by atoms with Gasteiger partial charge in [0, 0.05) is 42.8 Å². The van der Waals surface area contributed by atoms with Crippen LogP contribution in [0.25, 0.3) is 22.3 Å². The molecule has 11 heteroatoms. The average Bonchev–Trinajstić information content (AvgIpc) is 2.93. The molecule has 1 aliphatic heterocycles. The molecule has 1 atom stereocenters. The maximum absolute atomic E-state index is 11.7. The minimum atomic E-state index is -0.307. The highest BCUT2D eigenvalue weighted by atomic mass is 16.5. The summed E-state index contributed by atoms with van der Waals surface area (Å²) in [5.41, 5.74) is 8.98. The van der Waals surface area contributed by atoms with Gasteiger partial charge in [0.25, 0.3) is 0 Å². The normalized spacial score (nSPS) is 15.5. The van der Waals surface area contributed by atoms with Gasteiger partial charge >= 0.3 is 0 Å². The van der Waals surface area contributed by atoms with Gasteiger partial charge in [-0.1, -0.05) is 6.58 Å². The van der Waals surface area contributed by atoms with E-state index in [0.717, 1.165) is 23.4 Å². The SMILES string of the molecule is C=CC(=O)Nc1ccnc(-c2nccc3cnc(Nc4ccc(N5CCOCC5CN)nc4)nc23)c1. The van der Waals surface area contributed by atoms with E-state index < -0.39 is 0 Å². The first-order chi connectivity index (χ1) is 17.6. The zero-order valence-corrected chi connectivity index (χ0v) is 19.5. The van der Waals surface area contributed by atoms with Crippen LogP contribution in [0, 0.1) is 0 Å². The maximum Gasteiger partial charge on any atom is 0.247 e. The van der Waals surface area contributed by atoms with Gasteiger partial charge in [0.05, 0.1) is 36.8 Å². The molecule has 36 heavy (non-hydrogen) atoms. The molecule has 5 heterocycles. The zero-order valence-electron chi connectivity index (χ0n) is 19.5. The van der Waals surface area contributed by atoms with E-state index in [4.69, 9.17) is 15.5 Å². The standard InChI is InChI=1S/C25H25N9O2/c1-2-22(35)31-17-6-8-27-20(11-17)24-23-16(5-7-28-24)13-30-25(33-23)32-18-3-4-21(29-14-18)34-9-10-36-15-19(34)12-26/h2-8,11,13-14,19H,1,9-10,12,15,26H2,(H,27,31,35)(H,30,32,33). The Morgan fingerprint density at radius 2 is 2.03 bits per heavy atom. The largest absolute Gasteiger partial charge is 0.377 e. The Morgan fingerprint density at radius 3 is 2.83 bits per heavy atom. The summed E-state index contributed by atoms with van der Waals surface area (Å²) in [6.45, 7) is 5.97. The highest BCUT2D eigenvalue weighted by molar-refractivity contribution is 5.99. The number of aromatic nitrogens is 5. The van der Waals surface area contributed by atoms with Crippen molar-refractivity contribution < 1.29 is 9.53 Å². The molecule has 1 fully saturated rings. The number of nitrogens with two attached hydrogens (primary N) is 1. The number of amides is 1. The van der Waals surface area contributed by atoms with Gasteiger partial charge in [-0.3, -0.25) is 14.8 Å². The van der Waals surface area contributed by atoms with Crippen LogP contribution in [-0.2, 0) is 9.53 Å². The second kappa shape index (κ2) is 10.4. The van der Waals surface area contributed by atoms with Crippen LogP contribution in [0.5, 0.6) is 0 Å². The minimum absolute atomic E-state index is 0.108. The molecule has 4 aromatic heterocycles. The summed E-state index contributed by atoms with van der Waals surface area (Å²) in [4.78, 5) is 36.5. The van der Waals surface area contributed by atoms with Crippen LogP contribution in [0.15, 0.2) is 67.8 Å². The second-order valence-corrected chi connectivity index (χ2v) is 8.10. The summed E-state index contributed by atoms with van der Waals surface area (Å²) in [6, 6.07) is 9.24. The molecule has 0 aliphatic carbocycles. The van der Waals surface area contributed by atoms with Crippen LogP contribution < -0.4 is 21.3 Å². The van der Waals surface area contributed by atoms with Gasteiger partial charge in [-0.25, -0.2) is 15.0 Å². The molecule has 0 spiro atoms. The molecule has 1 aliphatic rings. The molecule has 0 aromatic carbocycles. The fourth-order valence-electron chi connectivity index (χ4n) is 3.95. The van der Waals surface area contributed by atoms with Crippen molar-refractivity contribution in [3.63, 3.8) is 0 Å². The Bertz CT molecular complexity index is 1390. The lowest BCUT2D eigenvalue weighted by atomic mass is 10.1. The number of pyridine rings is 3. The van der Waals surface area contributed by atoms with Crippen molar-refractivity contribution in [2.24, 2.45) is 5.73 Å². The number of hydrogen-bond donors (Lipinski definition) is 3. The number of nitrogens with zero attached hydrogens (tertiary/aromatic N) is 6. The minimum Gasteiger partial charge on any atom is -0.377 e. The lowest BCUT2D eigenvalue weighted by molar-refractivity contribution is -0.111. The molecule has 0 saturated carbocycles. The third-order valence-corrected chi connectivity index (χ3v) is 5.75. The third-order valence-electron chi connectivity index (χ3n) is 5.75. The number of fused-ring (bicyclic) bond motifs is 1. The summed E-state index contributed by atoms with van der Waals surface area (Å²) in [7, 11) is 0.